The summed E-state index contributed by atoms with van der Waals surface area (Å²) in [6.07, 6.45) is 1.55. The van der Waals surface area contributed by atoms with E-state index >= 15 is 0 Å². The van der Waals surface area contributed by atoms with Gasteiger partial charge in [-0.25, -0.2) is 9.48 Å². The van der Waals surface area contributed by atoms with Gasteiger partial charge in [0.15, 0.2) is 5.69 Å². The maximum Gasteiger partial charge on any atom is 0.434 e. The van der Waals surface area contributed by atoms with E-state index in [-0.39, 0.29) is 17.3 Å². The first-order valence-electron chi connectivity index (χ1n) is 10.5. The third kappa shape index (κ3) is 3.49. The second kappa shape index (κ2) is 7.10. The first-order valence-corrected chi connectivity index (χ1v) is 10.5. The van der Waals surface area contributed by atoms with Crippen LogP contribution in [-0.4, -0.2) is 32.8 Å². The molecule has 0 unspecified atom stereocenters. The van der Waals surface area contributed by atoms with Crippen LogP contribution in [0.25, 0.3) is 5.69 Å². The topological polar surface area (TPSA) is 84.2 Å². The monoisotopic (exact) mass is 433 g/mol. The zero-order chi connectivity index (χ0) is 21.9. The molecule has 164 valence electrons. The van der Waals surface area contributed by atoms with E-state index in [2.05, 4.69) is 10.4 Å². The van der Waals surface area contributed by atoms with Crippen LogP contribution in [0.2, 0.25) is 0 Å². The number of nitrogens with zero attached hydrogens (tertiary/aromatic N) is 2. The number of carbonyl (C=O) groups excluding carboxylic acids is 1. The van der Waals surface area contributed by atoms with Crippen molar-refractivity contribution in [3.05, 3.63) is 47.3 Å². The summed E-state index contributed by atoms with van der Waals surface area (Å²) in [5.74, 6) is 0.133. The molecule has 4 aliphatic carbocycles. The van der Waals surface area contributed by atoms with Gasteiger partial charge in [0.2, 0.25) is 0 Å². The van der Waals surface area contributed by atoms with E-state index in [1.165, 1.54) is 30.7 Å². The van der Waals surface area contributed by atoms with Crippen LogP contribution in [0.4, 0.5) is 13.2 Å². The van der Waals surface area contributed by atoms with E-state index in [1.54, 1.807) is 0 Å². The highest BCUT2D eigenvalue weighted by Gasteiger charge is 2.49. The van der Waals surface area contributed by atoms with Crippen LogP contribution >= 0.6 is 0 Å². The number of carboxylic acids is 1. The number of alkyl halides is 3. The molecule has 4 aliphatic rings. The van der Waals surface area contributed by atoms with Crippen LogP contribution in [0.15, 0.2) is 30.5 Å². The van der Waals surface area contributed by atoms with Gasteiger partial charge in [-0.2, -0.15) is 18.3 Å². The molecule has 31 heavy (non-hydrogen) atoms. The normalized spacial score (nSPS) is 29.2. The Morgan fingerprint density at radius 1 is 1.00 bits per heavy atom. The fourth-order valence-corrected chi connectivity index (χ4v) is 6.12. The van der Waals surface area contributed by atoms with Gasteiger partial charge < -0.3 is 10.4 Å². The van der Waals surface area contributed by atoms with E-state index in [9.17, 15) is 22.8 Å². The average Bonchev–Trinajstić information content (AvgIpc) is 3.16. The summed E-state index contributed by atoms with van der Waals surface area (Å²) in [6.45, 7) is 0. The van der Waals surface area contributed by atoms with Crippen molar-refractivity contribution < 1.29 is 27.9 Å². The van der Waals surface area contributed by atoms with Crippen molar-refractivity contribution in [2.45, 2.75) is 44.3 Å². The van der Waals surface area contributed by atoms with Crippen molar-refractivity contribution in [1.29, 1.82) is 0 Å². The third-order valence-corrected chi connectivity index (χ3v) is 7.17. The molecule has 2 N–H and O–H groups in total. The Hall–Kier alpha value is -2.84. The van der Waals surface area contributed by atoms with Gasteiger partial charge in [0.1, 0.15) is 0 Å². The molecule has 1 aromatic carbocycles. The number of benzene rings is 1. The summed E-state index contributed by atoms with van der Waals surface area (Å²) >= 11 is 0. The molecule has 2 aromatic rings. The maximum atomic E-state index is 13.9. The number of carbonyl (C=O) groups is 2. The van der Waals surface area contributed by atoms with Crippen LogP contribution in [0, 0.1) is 23.7 Å². The van der Waals surface area contributed by atoms with Gasteiger partial charge in [-0.1, -0.05) is 0 Å². The maximum absolute atomic E-state index is 13.9. The number of nitrogens with one attached hydrogen (secondary N) is 1. The quantitative estimate of drug-likeness (QED) is 0.759. The van der Waals surface area contributed by atoms with Crippen LogP contribution < -0.4 is 5.32 Å². The minimum atomic E-state index is -4.81. The SMILES string of the molecule is O=C(O)c1ccc(-n2ncc(C(=O)NC3C4CC5CC(C4)CC3C5)c2C(F)(F)F)cc1. The fourth-order valence-electron chi connectivity index (χ4n) is 6.12. The summed E-state index contributed by atoms with van der Waals surface area (Å²) < 4.78 is 42.4. The van der Waals surface area contributed by atoms with E-state index in [4.69, 9.17) is 5.11 Å². The highest BCUT2D eigenvalue weighted by atomic mass is 19.4. The Morgan fingerprint density at radius 2 is 1.58 bits per heavy atom. The second-order valence-electron chi connectivity index (χ2n) is 9.10. The van der Waals surface area contributed by atoms with Crippen LogP contribution in [-0.2, 0) is 6.18 Å². The van der Waals surface area contributed by atoms with Crippen LogP contribution in [0.3, 0.4) is 0 Å². The number of halogens is 3. The zero-order valence-electron chi connectivity index (χ0n) is 16.6. The van der Waals surface area contributed by atoms with Gasteiger partial charge in [-0.15, -0.1) is 0 Å². The first-order chi connectivity index (χ1) is 14.7. The third-order valence-electron chi connectivity index (χ3n) is 7.17. The highest BCUT2D eigenvalue weighted by Crippen LogP contribution is 2.53. The lowest BCUT2D eigenvalue weighted by molar-refractivity contribution is -0.143. The minimum absolute atomic E-state index is 0.0333. The van der Waals surface area contributed by atoms with Crippen molar-refractivity contribution in [2.75, 3.05) is 0 Å². The Bertz CT molecular complexity index is 1000. The van der Waals surface area contributed by atoms with Crippen molar-refractivity contribution in [3.8, 4) is 5.69 Å². The summed E-state index contributed by atoms with van der Waals surface area (Å²) in [5, 5.41) is 15.7. The van der Waals surface area contributed by atoms with Crippen molar-refractivity contribution in [1.82, 2.24) is 15.1 Å². The summed E-state index contributed by atoms with van der Waals surface area (Å²) in [7, 11) is 0. The molecule has 0 spiro atoms. The average molecular weight is 433 g/mol. The first kappa shape index (κ1) is 20.1. The number of aromatic carboxylic acids is 1. The number of hydrogen-bond donors (Lipinski definition) is 2. The molecule has 1 amide bonds. The van der Waals surface area contributed by atoms with E-state index in [0.29, 0.717) is 28.4 Å². The summed E-state index contributed by atoms with van der Waals surface area (Å²) in [6, 6.07) is 4.80. The number of hydrogen-bond acceptors (Lipinski definition) is 3. The molecule has 0 atom stereocenters. The zero-order valence-corrected chi connectivity index (χ0v) is 16.6. The number of aromatic nitrogens is 2. The molecule has 1 heterocycles. The van der Waals surface area contributed by atoms with Gasteiger partial charge in [0.05, 0.1) is 23.0 Å². The molecular formula is C22H22F3N3O3. The van der Waals surface area contributed by atoms with Crippen LogP contribution in [0.5, 0.6) is 0 Å². The van der Waals surface area contributed by atoms with E-state index in [1.807, 2.05) is 0 Å². The largest absolute Gasteiger partial charge is 0.478 e. The van der Waals surface area contributed by atoms with Gasteiger partial charge >= 0.3 is 12.1 Å². The molecule has 4 saturated carbocycles. The van der Waals surface area contributed by atoms with Gasteiger partial charge in [-0.3, -0.25) is 4.79 Å². The summed E-state index contributed by atoms with van der Waals surface area (Å²) in [4.78, 5) is 24.0. The molecular weight excluding hydrogens is 411 g/mol. The van der Waals surface area contributed by atoms with Gasteiger partial charge in [0, 0.05) is 6.04 Å². The van der Waals surface area contributed by atoms with E-state index in [0.717, 1.165) is 31.9 Å². The second-order valence-corrected chi connectivity index (χ2v) is 9.10. The number of carboxylic acid groups (broad SMARTS) is 1. The molecule has 6 nitrogen and oxygen atoms in total. The lowest BCUT2D eigenvalue weighted by Crippen LogP contribution is -2.55. The minimum Gasteiger partial charge on any atom is -0.478 e. The fraction of sp³-hybridized carbons (Fsp3) is 0.500. The molecule has 9 heteroatoms. The van der Waals surface area contributed by atoms with Gasteiger partial charge in [0.25, 0.3) is 5.91 Å². The molecule has 0 aliphatic heterocycles. The van der Waals surface area contributed by atoms with Crippen molar-refractivity contribution in [2.24, 2.45) is 23.7 Å². The molecule has 0 saturated heterocycles. The summed E-state index contributed by atoms with van der Waals surface area (Å²) in [5.41, 5.74) is -1.68. The number of amides is 1. The predicted molar refractivity (Wildman–Crippen MR) is 104 cm³/mol. The Balaban J connectivity index is 1.44. The Morgan fingerprint density at radius 3 is 2.10 bits per heavy atom. The molecule has 4 fully saturated rings. The predicted octanol–water partition coefficient (Wildman–Crippen LogP) is 4.14. The van der Waals surface area contributed by atoms with Crippen molar-refractivity contribution in [3.63, 3.8) is 0 Å². The number of rotatable bonds is 4. The standard InChI is InChI=1S/C22H22F3N3O3/c23-22(24,25)19-17(10-26-28(19)16-3-1-13(2-4-16)21(30)31)20(29)27-18-14-6-11-5-12(8-14)9-15(18)7-11/h1-4,10-12,14-15,18H,5-9H2,(H,27,29)(H,30,31). The highest BCUT2D eigenvalue weighted by molar-refractivity contribution is 5.95. The molecule has 6 rings (SSSR count). The van der Waals surface area contributed by atoms with Crippen LogP contribution in [0.1, 0.15) is 58.5 Å². The molecule has 4 bridgehead atoms. The lowest BCUT2D eigenvalue weighted by atomic mass is 9.54. The smallest absolute Gasteiger partial charge is 0.434 e. The Kier molecular flexibility index (Phi) is 4.60. The van der Waals surface area contributed by atoms with E-state index < -0.39 is 29.3 Å². The Labute approximate surface area is 176 Å². The van der Waals surface area contributed by atoms with Gasteiger partial charge in [-0.05, 0) is 80.0 Å². The molecule has 1 aromatic heterocycles. The lowest BCUT2D eigenvalue weighted by Gasteiger charge is -2.54. The molecule has 0 radical (unpaired) electrons. The van der Waals surface area contributed by atoms with Crippen molar-refractivity contribution >= 4 is 11.9 Å².